The predicted octanol–water partition coefficient (Wildman–Crippen LogP) is 2.77. The monoisotopic (exact) mass is 309 g/mol. The summed E-state index contributed by atoms with van der Waals surface area (Å²) in [4.78, 5) is 13.0. The van der Waals surface area contributed by atoms with Crippen molar-refractivity contribution in [3.63, 3.8) is 0 Å². The fourth-order valence-electron chi connectivity index (χ4n) is 3.56. The van der Waals surface area contributed by atoms with Gasteiger partial charge in [0.15, 0.2) is 0 Å². The van der Waals surface area contributed by atoms with Crippen LogP contribution < -0.4 is 16.4 Å². The number of amides is 1. The summed E-state index contributed by atoms with van der Waals surface area (Å²) in [6.07, 6.45) is 3.38. The van der Waals surface area contributed by atoms with E-state index in [1.165, 1.54) is 0 Å². The summed E-state index contributed by atoms with van der Waals surface area (Å²) in [5, 5.41) is 0.703. The van der Waals surface area contributed by atoms with Crippen LogP contribution in [0.25, 0.3) is 0 Å². The molecule has 1 aromatic carbocycles. The van der Waals surface area contributed by atoms with E-state index >= 15 is 0 Å². The molecular weight excluding hydrogens is 290 g/mol. The lowest BCUT2D eigenvalue weighted by atomic mass is 9.61. The van der Waals surface area contributed by atoms with Crippen LogP contribution in [0.5, 0.6) is 0 Å². The van der Waals surface area contributed by atoms with E-state index < -0.39 is 6.09 Å². The largest absolute Gasteiger partial charge is 0.446 e. The number of nitrogen functional groups attached to an aromatic ring is 1. The molecule has 1 aromatic rings. The summed E-state index contributed by atoms with van der Waals surface area (Å²) >= 11 is 6.27. The number of nitrogens with zero attached hydrogens (tertiary/aromatic N) is 1. The highest BCUT2D eigenvalue weighted by Crippen LogP contribution is 2.51. The second kappa shape index (κ2) is 5.30. The van der Waals surface area contributed by atoms with Gasteiger partial charge in [0.1, 0.15) is 6.10 Å². The molecule has 1 heterocycles. The Morgan fingerprint density at radius 2 is 2.00 bits per heavy atom. The first kappa shape index (κ1) is 14.3. The van der Waals surface area contributed by atoms with Gasteiger partial charge in [0, 0.05) is 18.8 Å². The molecule has 4 N–H and O–H groups in total. The minimum atomic E-state index is -0.666. The maximum atomic E-state index is 10.7. The van der Waals surface area contributed by atoms with E-state index in [1.807, 2.05) is 12.1 Å². The predicted molar refractivity (Wildman–Crippen MR) is 83.4 cm³/mol. The molecule has 114 valence electrons. The van der Waals surface area contributed by atoms with Crippen molar-refractivity contribution in [3.05, 3.63) is 23.2 Å². The minimum absolute atomic E-state index is 0.00848. The number of carbonyl (C=O) groups is 1. The molecule has 1 saturated heterocycles. The van der Waals surface area contributed by atoms with Crippen LogP contribution in [-0.2, 0) is 4.74 Å². The third kappa shape index (κ3) is 2.88. The van der Waals surface area contributed by atoms with Crippen LogP contribution >= 0.6 is 11.6 Å². The molecule has 0 unspecified atom stereocenters. The van der Waals surface area contributed by atoms with Crippen molar-refractivity contribution in [3.8, 4) is 0 Å². The highest BCUT2D eigenvalue weighted by Gasteiger charge is 2.47. The Hall–Kier alpha value is -1.62. The molecule has 6 heteroatoms. The third-order valence-electron chi connectivity index (χ3n) is 4.74. The first-order valence-corrected chi connectivity index (χ1v) is 7.61. The summed E-state index contributed by atoms with van der Waals surface area (Å²) in [6.45, 7) is 1.93. The van der Waals surface area contributed by atoms with Gasteiger partial charge in [0.25, 0.3) is 0 Å². The Kier molecular flexibility index (Phi) is 3.61. The van der Waals surface area contributed by atoms with E-state index in [1.54, 1.807) is 6.07 Å². The number of hydrogen-bond acceptors (Lipinski definition) is 4. The molecule has 2 fully saturated rings. The van der Waals surface area contributed by atoms with E-state index in [0.717, 1.165) is 44.5 Å². The highest BCUT2D eigenvalue weighted by atomic mass is 35.5. The molecule has 1 amide bonds. The Morgan fingerprint density at radius 1 is 1.33 bits per heavy atom. The van der Waals surface area contributed by atoms with E-state index in [2.05, 4.69) is 4.90 Å². The van der Waals surface area contributed by atoms with Crippen LogP contribution in [0.3, 0.4) is 0 Å². The summed E-state index contributed by atoms with van der Waals surface area (Å²) in [5.41, 5.74) is 12.8. The number of carbonyl (C=O) groups excluding carboxylic acids is 1. The number of hydrogen-bond donors (Lipinski definition) is 2. The second-order valence-corrected chi connectivity index (χ2v) is 6.57. The fourth-order valence-corrected chi connectivity index (χ4v) is 3.87. The molecule has 0 radical (unpaired) electrons. The van der Waals surface area contributed by atoms with Crippen molar-refractivity contribution in [2.45, 2.75) is 31.8 Å². The van der Waals surface area contributed by atoms with Gasteiger partial charge in [-0.15, -0.1) is 0 Å². The van der Waals surface area contributed by atoms with Crippen molar-refractivity contribution in [1.29, 1.82) is 0 Å². The zero-order chi connectivity index (χ0) is 15.0. The molecule has 0 aromatic heterocycles. The maximum Gasteiger partial charge on any atom is 0.404 e. The van der Waals surface area contributed by atoms with Gasteiger partial charge >= 0.3 is 6.09 Å². The smallest absolute Gasteiger partial charge is 0.404 e. The normalized spacial score (nSPS) is 21.1. The molecule has 1 aliphatic carbocycles. The molecule has 0 atom stereocenters. The zero-order valence-corrected chi connectivity index (χ0v) is 12.6. The highest BCUT2D eigenvalue weighted by molar-refractivity contribution is 6.33. The van der Waals surface area contributed by atoms with Gasteiger partial charge in [-0.05, 0) is 49.3 Å². The van der Waals surface area contributed by atoms with Crippen molar-refractivity contribution in [2.24, 2.45) is 11.1 Å². The SMILES string of the molecule is NC(=O)OC1CC2(CCN(c3ccc(N)cc3Cl)CC2)C1. The lowest BCUT2D eigenvalue weighted by Crippen LogP contribution is -2.50. The Balaban J connectivity index is 1.58. The average molecular weight is 310 g/mol. The Bertz CT molecular complexity index is 548. The molecular formula is C15H20ClN3O2. The van der Waals surface area contributed by atoms with Crippen LogP contribution in [0.1, 0.15) is 25.7 Å². The minimum Gasteiger partial charge on any atom is -0.446 e. The summed E-state index contributed by atoms with van der Waals surface area (Å²) in [7, 11) is 0. The average Bonchev–Trinajstić information content (AvgIpc) is 2.38. The fraction of sp³-hybridized carbons (Fsp3) is 0.533. The Morgan fingerprint density at radius 3 is 2.57 bits per heavy atom. The van der Waals surface area contributed by atoms with Crippen molar-refractivity contribution in [2.75, 3.05) is 23.7 Å². The quantitative estimate of drug-likeness (QED) is 0.823. The molecule has 5 nitrogen and oxygen atoms in total. The van der Waals surface area contributed by atoms with Gasteiger partial charge in [-0.3, -0.25) is 0 Å². The summed E-state index contributed by atoms with van der Waals surface area (Å²) in [6, 6.07) is 5.66. The molecule has 0 bridgehead atoms. The summed E-state index contributed by atoms with van der Waals surface area (Å²) < 4.78 is 5.05. The van der Waals surface area contributed by atoms with Gasteiger partial charge in [0.05, 0.1) is 10.7 Å². The maximum absolute atomic E-state index is 10.7. The molecule has 1 saturated carbocycles. The van der Waals surface area contributed by atoms with Gasteiger partial charge in [0.2, 0.25) is 0 Å². The van der Waals surface area contributed by atoms with E-state index in [9.17, 15) is 4.79 Å². The first-order chi connectivity index (χ1) is 9.97. The number of rotatable bonds is 2. The van der Waals surface area contributed by atoms with Crippen LogP contribution in [0.4, 0.5) is 16.2 Å². The zero-order valence-electron chi connectivity index (χ0n) is 11.8. The summed E-state index contributed by atoms with van der Waals surface area (Å²) in [5.74, 6) is 0. The number of ether oxygens (including phenoxy) is 1. The molecule has 2 aliphatic rings. The molecule has 1 spiro atoms. The lowest BCUT2D eigenvalue weighted by molar-refractivity contribution is -0.0521. The number of halogens is 1. The molecule has 1 aliphatic heterocycles. The number of primary amides is 1. The second-order valence-electron chi connectivity index (χ2n) is 6.17. The molecule has 3 rings (SSSR count). The van der Waals surface area contributed by atoms with Gasteiger partial charge in [-0.1, -0.05) is 11.6 Å². The van der Waals surface area contributed by atoms with Crippen molar-refractivity contribution in [1.82, 2.24) is 0 Å². The lowest BCUT2D eigenvalue weighted by Gasteiger charge is -2.51. The van der Waals surface area contributed by atoms with Gasteiger partial charge in [-0.25, -0.2) is 4.79 Å². The number of nitrogens with two attached hydrogens (primary N) is 2. The van der Waals surface area contributed by atoms with E-state index in [-0.39, 0.29) is 6.10 Å². The van der Waals surface area contributed by atoms with Crippen LogP contribution in [-0.4, -0.2) is 25.3 Å². The topological polar surface area (TPSA) is 81.6 Å². The van der Waals surface area contributed by atoms with Crippen molar-refractivity contribution < 1.29 is 9.53 Å². The van der Waals surface area contributed by atoms with Gasteiger partial charge < -0.3 is 21.1 Å². The van der Waals surface area contributed by atoms with Crippen LogP contribution in [0, 0.1) is 5.41 Å². The third-order valence-corrected chi connectivity index (χ3v) is 5.04. The number of piperidine rings is 1. The number of benzene rings is 1. The van der Waals surface area contributed by atoms with Gasteiger partial charge in [-0.2, -0.15) is 0 Å². The van der Waals surface area contributed by atoms with E-state index in [0.29, 0.717) is 16.1 Å². The standard InChI is InChI=1S/C15H20ClN3O2/c16-12-7-10(17)1-2-13(12)19-5-3-15(4-6-19)8-11(9-15)21-14(18)20/h1-2,7,11H,3-6,8-9,17H2,(H2,18,20). The van der Waals surface area contributed by atoms with Crippen LogP contribution in [0.2, 0.25) is 5.02 Å². The first-order valence-electron chi connectivity index (χ1n) is 7.24. The Labute approximate surface area is 129 Å². The van der Waals surface area contributed by atoms with Crippen LogP contribution in [0.15, 0.2) is 18.2 Å². The van der Waals surface area contributed by atoms with E-state index in [4.69, 9.17) is 27.8 Å². The van der Waals surface area contributed by atoms with Crippen molar-refractivity contribution >= 4 is 29.1 Å². The number of anilines is 2. The molecule has 21 heavy (non-hydrogen) atoms.